The molecule has 1 aliphatic heterocycles. The zero-order chi connectivity index (χ0) is 12.1. The van der Waals surface area contributed by atoms with Crippen molar-refractivity contribution in [1.29, 1.82) is 0 Å². The first-order valence-corrected chi connectivity index (χ1v) is 7.28. The second kappa shape index (κ2) is 6.39. The van der Waals surface area contributed by atoms with Crippen molar-refractivity contribution in [3.05, 3.63) is 0 Å². The molecule has 17 heavy (non-hydrogen) atoms. The van der Waals surface area contributed by atoms with Crippen LogP contribution < -0.4 is 10.6 Å². The maximum absolute atomic E-state index is 12.1. The Morgan fingerprint density at radius 3 is 2.59 bits per heavy atom. The molecule has 1 heterocycles. The Bertz CT molecular complexity index is 243. The molecule has 1 saturated carbocycles. The van der Waals surface area contributed by atoms with Gasteiger partial charge in [0.1, 0.15) is 0 Å². The van der Waals surface area contributed by atoms with E-state index in [2.05, 4.69) is 17.6 Å². The summed E-state index contributed by atoms with van der Waals surface area (Å²) in [6.07, 6.45) is 8.84. The first kappa shape index (κ1) is 12.9. The van der Waals surface area contributed by atoms with E-state index < -0.39 is 0 Å². The average molecular weight is 238 g/mol. The number of piperidine rings is 1. The molecule has 2 atom stereocenters. The van der Waals surface area contributed by atoms with E-state index in [4.69, 9.17) is 0 Å². The van der Waals surface area contributed by atoms with Crippen molar-refractivity contribution in [3.8, 4) is 0 Å². The normalized spacial score (nSPS) is 28.6. The van der Waals surface area contributed by atoms with E-state index in [9.17, 15) is 4.79 Å². The Hall–Kier alpha value is -0.570. The van der Waals surface area contributed by atoms with Crippen LogP contribution in [0.2, 0.25) is 0 Å². The molecule has 3 heteroatoms. The molecule has 1 aliphatic carbocycles. The smallest absolute Gasteiger partial charge is 0.224 e. The van der Waals surface area contributed by atoms with Gasteiger partial charge in [0.2, 0.25) is 5.91 Å². The largest absolute Gasteiger partial charge is 0.353 e. The Balaban J connectivity index is 1.76. The van der Waals surface area contributed by atoms with E-state index in [0.29, 0.717) is 12.0 Å². The van der Waals surface area contributed by atoms with Gasteiger partial charge in [-0.2, -0.15) is 0 Å². The minimum absolute atomic E-state index is 0.204. The second-order valence-electron chi connectivity index (χ2n) is 5.74. The lowest BCUT2D eigenvalue weighted by Gasteiger charge is -2.30. The molecule has 98 valence electrons. The molecule has 2 aliphatic rings. The van der Waals surface area contributed by atoms with Crippen LogP contribution in [-0.4, -0.2) is 25.0 Å². The summed E-state index contributed by atoms with van der Waals surface area (Å²) in [5.41, 5.74) is 0. The Morgan fingerprint density at radius 1 is 1.18 bits per heavy atom. The molecule has 2 fully saturated rings. The molecule has 2 rings (SSSR count). The monoisotopic (exact) mass is 238 g/mol. The molecule has 0 aromatic heterocycles. The van der Waals surface area contributed by atoms with Crippen molar-refractivity contribution in [2.24, 2.45) is 11.8 Å². The van der Waals surface area contributed by atoms with E-state index in [-0.39, 0.29) is 11.8 Å². The lowest BCUT2D eigenvalue weighted by Crippen LogP contribution is -2.46. The highest BCUT2D eigenvalue weighted by molar-refractivity contribution is 5.79. The van der Waals surface area contributed by atoms with Crippen molar-refractivity contribution < 1.29 is 4.79 Å². The van der Waals surface area contributed by atoms with Crippen molar-refractivity contribution in [3.63, 3.8) is 0 Å². The van der Waals surface area contributed by atoms with E-state index in [0.717, 1.165) is 25.9 Å². The van der Waals surface area contributed by atoms with Crippen molar-refractivity contribution in [1.82, 2.24) is 10.6 Å². The molecular formula is C14H26N2O. The third kappa shape index (κ3) is 3.70. The summed E-state index contributed by atoms with van der Waals surface area (Å²) in [7, 11) is 0. The molecule has 1 amide bonds. The minimum Gasteiger partial charge on any atom is -0.353 e. The van der Waals surface area contributed by atoms with Gasteiger partial charge in [0, 0.05) is 12.6 Å². The van der Waals surface area contributed by atoms with Crippen LogP contribution in [0, 0.1) is 11.8 Å². The lowest BCUT2D eigenvalue weighted by molar-refractivity contribution is -0.126. The highest BCUT2D eigenvalue weighted by atomic mass is 16.2. The third-order valence-electron chi connectivity index (χ3n) is 4.39. The summed E-state index contributed by atoms with van der Waals surface area (Å²) in [6, 6.07) is 0.365. The maximum Gasteiger partial charge on any atom is 0.224 e. The van der Waals surface area contributed by atoms with Gasteiger partial charge >= 0.3 is 0 Å². The fraction of sp³-hybridized carbons (Fsp3) is 0.929. The molecule has 3 nitrogen and oxygen atoms in total. The summed E-state index contributed by atoms with van der Waals surface area (Å²) in [5, 5.41) is 6.55. The molecule has 2 N–H and O–H groups in total. The van der Waals surface area contributed by atoms with Gasteiger partial charge in [-0.1, -0.05) is 19.3 Å². The SMILES string of the molecule is C[C@@H](NC(=O)C1CCCNC1)C1CCCCC1. The van der Waals surface area contributed by atoms with Crippen molar-refractivity contribution in [2.45, 2.75) is 57.9 Å². The molecule has 1 saturated heterocycles. The van der Waals surface area contributed by atoms with Gasteiger partial charge in [-0.05, 0) is 45.1 Å². The summed E-state index contributed by atoms with van der Waals surface area (Å²) >= 11 is 0. The number of rotatable bonds is 3. The molecule has 0 spiro atoms. The topological polar surface area (TPSA) is 41.1 Å². The molecule has 1 unspecified atom stereocenters. The maximum atomic E-state index is 12.1. The number of hydrogen-bond donors (Lipinski definition) is 2. The first-order chi connectivity index (χ1) is 8.27. The predicted octanol–water partition coefficient (Wildman–Crippen LogP) is 2.07. The number of amides is 1. The van der Waals surface area contributed by atoms with Gasteiger partial charge in [0.15, 0.2) is 0 Å². The standard InChI is InChI=1S/C14H26N2O/c1-11(12-6-3-2-4-7-12)16-14(17)13-8-5-9-15-10-13/h11-13,15H,2-10H2,1H3,(H,16,17)/t11-,13?/m1/s1. The highest BCUT2D eigenvalue weighted by Gasteiger charge is 2.25. The van der Waals surface area contributed by atoms with Crippen LogP contribution in [0.25, 0.3) is 0 Å². The molecule has 0 bridgehead atoms. The van der Waals surface area contributed by atoms with Crippen LogP contribution in [0.5, 0.6) is 0 Å². The second-order valence-corrected chi connectivity index (χ2v) is 5.74. The van der Waals surface area contributed by atoms with Gasteiger partial charge in [0.25, 0.3) is 0 Å². The van der Waals surface area contributed by atoms with E-state index in [1.165, 1.54) is 32.1 Å². The first-order valence-electron chi connectivity index (χ1n) is 7.28. The molecule has 0 aromatic carbocycles. The highest BCUT2D eigenvalue weighted by Crippen LogP contribution is 2.26. The number of carbonyl (C=O) groups is 1. The number of hydrogen-bond acceptors (Lipinski definition) is 2. The van der Waals surface area contributed by atoms with Crippen LogP contribution in [-0.2, 0) is 4.79 Å². The number of carbonyl (C=O) groups excluding carboxylic acids is 1. The van der Waals surface area contributed by atoms with Crippen LogP contribution in [0.1, 0.15) is 51.9 Å². The quantitative estimate of drug-likeness (QED) is 0.790. The fourth-order valence-corrected chi connectivity index (χ4v) is 3.17. The van der Waals surface area contributed by atoms with Gasteiger partial charge in [0.05, 0.1) is 5.92 Å². The molecule has 0 radical (unpaired) electrons. The van der Waals surface area contributed by atoms with Gasteiger partial charge in [-0.15, -0.1) is 0 Å². The van der Waals surface area contributed by atoms with E-state index in [1.54, 1.807) is 0 Å². The predicted molar refractivity (Wildman–Crippen MR) is 69.8 cm³/mol. The molecular weight excluding hydrogens is 212 g/mol. The van der Waals surface area contributed by atoms with Gasteiger partial charge in [-0.25, -0.2) is 0 Å². The summed E-state index contributed by atoms with van der Waals surface area (Å²) < 4.78 is 0. The summed E-state index contributed by atoms with van der Waals surface area (Å²) in [4.78, 5) is 12.1. The van der Waals surface area contributed by atoms with Crippen LogP contribution in [0.4, 0.5) is 0 Å². The average Bonchev–Trinajstić information content (AvgIpc) is 2.40. The summed E-state index contributed by atoms with van der Waals surface area (Å²) in [5.74, 6) is 1.19. The van der Waals surface area contributed by atoms with E-state index in [1.807, 2.05) is 0 Å². The van der Waals surface area contributed by atoms with Crippen LogP contribution >= 0.6 is 0 Å². The molecule has 0 aromatic rings. The Kier molecular flexibility index (Phi) is 4.84. The third-order valence-corrected chi connectivity index (χ3v) is 4.39. The number of nitrogens with one attached hydrogen (secondary N) is 2. The van der Waals surface area contributed by atoms with Crippen LogP contribution in [0.15, 0.2) is 0 Å². The Morgan fingerprint density at radius 2 is 1.94 bits per heavy atom. The lowest BCUT2D eigenvalue weighted by atomic mass is 9.84. The van der Waals surface area contributed by atoms with Gasteiger partial charge < -0.3 is 10.6 Å². The summed E-state index contributed by atoms with van der Waals surface area (Å²) in [6.45, 7) is 4.12. The van der Waals surface area contributed by atoms with Crippen molar-refractivity contribution >= 4 is 5.91 Å². The van der Waals surface area contributed by atoms with Crippen molar-refractivity contribution in [2.75, 3.05) is 13.1 Å². The van der Waals surface area contributed by atoms with Crippen LogP contribution in [0.3, 0.4) is 0 Å². The fourth-order valence-electron chi connectivity index (χ4n) is 3.17. The zero-order valence-electron chi connectivity index (χ0n) is 11.0. The van der Waals surface area contributed by atoms with Gasteiger partial charge in [-0.3, -0.25) is 4.79 Å². The zero-order valence-corrected chi connectivity index (χ0v) is 11.0. The minimum atomic E-state index is 0.204. The Labute approximate surface area is 105 Å². The van der Waals surface area contributed by atoms with E-state index >= 15 is 0 Å².